The van der Waals surface area contributed by atoms with Gasteiger partial charge in [0.05, 0.1) is 9.82 Å². The van der Waals surface area contributed by atoms with Crippen molar-refractivity contribution in [2.24, 2.45) is 0 Å². The van der Waals surface area contributed by atoms with Crippen molar-refractivity contribution in [3.63, 3.8) is 0 Å². The van der Waals surface area contributed by atoms with Crippen LogP contribution in [0.1, 0.15) is 0 Å². The van der Waals surface area contributed by atoms with Crippen molar-refractivity contribution in [3.05, 3.63) is 95.0 Å². The molecule has 0 heterocycles. The molecule has 0 aromatic heterocycles. The van der Waals surface area contributed by atoms with Gasteiger partial charge < -0.3 is 0 Å². The quantitative estimate of drug-likeness (QED) is 0.176. The fourth-order valence-corrected chi connectivity index (χ4v) is 5.29. The van der Waals surface area contributed by atoms with Crippen molar-refractivity contribution in [2.45, 2.75) is 4.90 Å². The van der Waals surface area contributed by atoms with Crippen LogP contribution in [0.4, 0.5) is 5.69 Å². The van der Waals surface area contributed by atoms with Crippen molar-refractivity contribution >= 4 is 33.8 Å². The largest absolute Gasteiger partial charge is 0.299 e. The molecule has 29 heavy (non-hydrogen) atoms. The highest BCUT2D eigenvalue weighted by atomic mass is 32.2. The molecule has 0 aliphatic heterocycles. The third kappa shape index (κ3) is 4.78. The Kier molecular flexibility index (Phi) is 6.24. The zero-order valence-corrected chi connectivity index (χ0v) is 16.7. The molecular weight excluding hydrogens is 417 g/mol. The molecule has 0 aliphatic carbocycles. The van der Waals surface area contributed by atoms with Crippen LogP contribution in [0.5, 0.6) is 0 Å². The van der Waals surface area contributed by atoms with E-state index in [9.17, 15) is 23.1 Å². The van der Waals surface area contributed by atoms with Gasteiger partial charge in [-0.25, -0.2) is 4.18 Å². The molecule has 3 aromatic rings. The summed E-state index contributed by atoms with van der Waals surface area (Å²) in [4.78, 5) is 9.77. The molecule has 0 unspecified atom stereocenters. The number of nitro groups is 1. The highest BCUT2D eigenvalue weighted by Gasteiger charge is 2.29. The van der Waals surface area contributed by atoms with Gasteiger partial charge in [0.25, 0.3) is 23.2 Å². The molecule has 3 aromatic carbocycles. The molecule has 0 saturated carbocycles. The van der Waals surface area contributed by atoms with Gasteiger partial charge in [-0.2, -0.15) is 8.42 Å². The van der Waals surface area contributed by atoms with Crippen LogP contribution in [-0.2, 0) is 23.4 Å². The van der Waals surface area contributed by atoms with Crippen molar-refractivity contribution in [1.82, 2.24) is 0 Å². The van der Waals surface area contributed by atoms with Crippen LogP contribution in [0.25, 0.3) is 0 Å². The predicted molar refractivity (Wildman–Crippen MR) is 107 cm³/mol. The zero-order valence-electron chi connectivity index (χ0n) is 15.0. The lowest BCUT2D eigenvalue weighted by atomic mass is 10.3. The smallest absolute Gasteiger partial charge is 0.293 e. The molecule has 0 bridgehead atoms. The Labute approximate surface area is 167 Å². The van der Waals surface area contributed by atoms with Crippen LogP contribution in [0, 0.1) is 10.1 Å². The van der Waals surface area contributed by atoms with E-state index in [0.29, 0.717) is 10.6 Å². The molecule has 0 fully saturated rings. The third-order valence-electron chi connectivity index (χ3n) is 3.97. The Morgan fingerprint density at radius 1 is 0.828 bits per heavy atom. The van der Waals surface area contributed by atoms with E-state index >= 15 is 0 Å². The summed E-state index contributed by atoms with van der Waals surface area (Å²) in [5.41, 5.74) is -0.252. The number of rotatable bonds is 8. The number of nitro benzene ring substituents is 1. The second-order valence-electron chi connectivity index (χ2n) is 5.79. The molecule has 0 N–H and O–H groups in total. The summed E-state index contributed by atoms with van der Waals surface area (Å²) >= 11 is 0. The van der Waals surface area contributed by atoms with E-state index in [1.807, 2.05) is 0 Å². The lowest BCUT2D eigenvalue weighted by Gasteiger charge is -2.19. The van der Waals surface area contributed by atoms with Gasteiger partial charge in [-0.05, 0) is 36.4 Å². The van der Waals surface area contributed by atoms with Gasteiger partial charge in [-0.1, -0.05) is 36.4 Å². The van der Waals surface area contributed by atoms with E-state index in [-0.39, 0.29) is 10.6 Å². The Balaban J connectivity index is 1.80. The van der Waals surface area contributed by atoms with E-state index < -0.39 is 29.2 Å². The number of non-ortho nitro benzene ring substituents is 1. The van der Waals surface area contributed by atoms with Gasteiger partial charge in [0, 0.05) is 22.7 Å². The lowest BCUT2D eigenvalue weighted by molar-refractivity contribution is -0.384. The second-order valence-corrected chi connectivity index (χ2v) is 9.80. The Bertz CT molecular complexity index is 1090. The van der Waals surface area contributed by atoms with Crippen LogP contribution in [-0.4, -0.2) is 20.1 Å². The highest BCUT2D eigenvalue weighted by Crippen LogP contribution is 2.44. The number of hydrogen-bond donors (Lipinski definition) is 0. The minimum absolute atomic E-state index is 0.252. The van der Waals surface area contributed by atoms with E-state index in [0.717, 1.165) is 24.3 Å². The first-order valence-corrected chi connectivity index (χ1v) is 11.4. The molecule has 0 radical (unpaired) electrons. The van der Waals surface area contributed by atoms with E-state index in [1.165, 1.54) is 0 Å². The summed E-state index contributed by atoms with van der Waals surface area (Å²) in [6.07, 6.45) is 0. The monoisotopic (exact) mass is 433 g/mol. The fourth-order valence-electron chi connectivity index (χ4n) is 2.51. The lowest BCUT2D eigenvalue weighted by Crippen LogP contribution is -2.20. The molecule has 8 nitrogen and oxygen atoms in total. The normalized spacial score (nSPS) is 11.9. The third-order valence-corrected chi connectivity index (χ3v) is 7.65. The number of benzene rings is 3. The van der Waals surface area contributed by atoms with Gasteiger partial charge in [0.2, 0.25) is 0 Å². The average Bonchev–Trinajstić information content (AvgIpc) is 2.75. The molecular formula is C19H16NO7PS. The average molecular weight is 433 g/mol. The van der Waals surface area contributed by atoms with E-state index in [4.69, 9.17) is 8.71 Å². The van der Waals surface area contributed by atoms with Crippen LogP contribution in [0.3, 0.4) is 0 Å². The molecule has 0 atom stereocenters. The Morgan fingerprint density at radius 2 is 1.31 bits per heavy atom. The SMILES string of the molecule is O=[N+]([O-])c1ccc(S(=O)(=O)OCOP(=O)(c2ccccc2)c2ccccc2)cc1. The first-order chi connectivity index (χ1) is 13.8. The van der Waals surface area contributed by atoms with Gasteiger partial charge in [-0.3, -0.25) is 19.2 Å². The molecule has 3 rings (SSSR count). The van der Waals surface area contributed by atoms with E-state index in [2.05, 4.69) is 0 Å². The van der Waals surface area contributed by atoms with Crippen molar-refractivity contribution in [2.75, 3.05) is 6.79 Å². The van der Waals surface area contributed by atoms with Crippen molar-refractivity contribution in [3.8, 4) is 0 Å². The van der Waals surface area contributed by atoms with Crippen molar-refractivity contribution in [1.29, 1.82) is 0 Å². The standard InChI is InChI=1S/C19H16NO7PS/c21-20(22)16-11-13-19(14-12-16)29(24,25)27-15-26-28(23,17-7-3-1-4-8-17)18-9-5-2-6-10-18/h1-14H,15H2. The summed E-state index contributed by atoms with van der Waals surface area (Å²) in [7, 11) is -7.86. The molecule has 0 spiro atoms. The number of hydrogen-bond acceptors (Lipinski definition) is 7. The van der Waals surface area contributed by atoms with Crippen molar-refractivity contribution < 1.29 is 26.6 Å². The maximum absolute atomic E-state index is 13.6. The van der Waals surface area contributed by atoms with Crippen LogP contribution >= 0.6 is 7.37 Å². The first-order valence-electron chi connectivity index (χ1n) is 8.33. The minimum Gasteiger partial charge on any atom is -0.293 e. The maximum Gasteiger partial charge on any atom is 0.299 e. The van der Waals surface area contributed by atoms with Gasteiger partial charge >= 0.3 is 0 Å². The van der Waals surface area contributed by atoms with Gasteiger partial charge in [0.1, 0.15) is 0 Å². The molecule has 0 saturated heterocycles. The highest BCUT2D eigenvalue weighted by molar-refractivity contribution is 7.86. The summed E-state index contributed by atoms with van der Waals surface area (Å²) in [6.45, 7) is -0.791. The Hall–Kier alpha value is -2.84. The molecule has 150 valence electrons. The minimum atomic E-state index is -4.26. The summed E-state index contributed by atoms with van der Waals surface area (Å²) in [5, 5.41) is 11.5. The second kappa shape index (κ2) is 8.67. The topological polar surface area (TPSA) is 113 Å². The fraction of sp³-hybridized carbons (Fsp3) is 0.0526. The maximum atomic E-state index is 13.6. The predicted octanol–water partition coefficient (Wildman–Crippen LogP) is 3.20. The van der Waals surface area contributed by atoms with Crippen LogP contribution < -0.4 is 10.6 Å². The zero-order chi connectivity index (χ0) is 20.9. The number of nitrogens with zero attached hydrogens (tertiary/aromatic N) is 1. The summed E-state index contributed by atoms with van der Waals surface area (Å²) in [6, 6.07) is 21.0. The van der Waals surface area contributed by atoms with Gasteiger partial charge in [-0.15, -0.1) is 0 Å². The Morgan fingerprint density at radius 3 is 1.76 bits per heavy atom. The summed E-state index contributed by atoms with van der Waals surface area (Å²) in [5.74, 6) is 0. The van der Waals surface area contributed by atoms with Crippen LogP contribution in [0.2, 0.25) is 0 Å². The molecule has 0 aliphatic rings. The molecule has 0 amide bonds. The first kappa shape index (κ1) is 20.9. The van der Waals surface area contributed by atoms with Gasteiger partial charge in [0.15, 0.2) is 6.79 Å². The summed E-state index contributed by atoms with van der Waals surface area (Å²) < 4.78 is 48.5. The van der Waals surface area contributed by atoms with Crippen LogP contribution in [0.15, 0.2) is 89.8 Å². The molecule has 10 heteroatoms. The van der Waals surface area contributed by atoms with E-state index in [1.54, 1.807) is 60.7 Å².